The van der Waals surface area contributed by atoms with Crippen LogP contribution in [0.15, 0.2) is 107 Å². The minimum absolute atomic E-state index is 0.0208. The van der Waals surface area contributed by atoms with Crippen molar-refractivity contribution in [2.24, 2.45) is 9.98 Å². The fourth-order valence-corrected chi connectivity index (χ4v) is 4.75. The summed E-state index contributed by atoms with van der Waals surface area (Å²) in [5.74, 6) is 0.563. The predicted octanol–water partition coefficient (Wildman–Crippen LogP) is 7.89. The molecule has 0 aliphatic rings. The van der Waals surface area contributed by atoms with E-state index in [4.69, 9.17) is 14.7 Å². The van der Waals surface area contributed by atoms with Gasteiger partial charge in [0.05, 0.1) is 37.2 Å². The molecule has 0 spiro atoms. The van der Waals surface area contributed by atoms with Gasteiger partial charge in [0.15, 0.2) is 23.0 Å². The zero-order valence-electron chi connectivity index (χ0n) is 25.4. The zero-order chi connectivity index (χ0) is 31.9. The largest absolute Gasteiger partial charge is 0.504 e. The number of para-hydroxylation sites is 2. The van der Waals surface area contributed by atoms with Gasteiger partial charge in [-0.05, 0) is 82.9 Å². The summed E-state index contributed by atoms with van der Waals surface area (Å²) in [4.78, 5) is 11.3. The summed E-state index contributed by atoms with van der Waals surface area (Å²) in [5, 5.41) is 30.9. The van der Waals surface area contributed by atoms with Gasteiger partial charge in [-0.2, -0.15) is 5.26 Å². The van der Waals surface area contributed by atoms with Gasteiger partial charge in [0.1, 0.15) is 0 Å². The molecule has 0 fully saturated rings. The van der Waals surface area contributed by atoms with E-state index in [2.05, 4.69) is 16.1 Å². The lowest BCUT2D eigenvalue weighted by Crippen LogP contribution is -2.07. The predicted molar refractivity (Wildman–Crippen MR) is 180 cm³/mol. The highest BCUT2D eigenvalue weighted by molar-refractivity contribution is 5.93. The summed E-state index contributed by atoms with van der Waals surface area (Å²) in [7, 11) is 6.98. The maximum atomic E-state index is 10.9. The van der Waals surface area contributed by atoms with E-state index in [9.17, 15) is 10.2 Å². The fraction of sp³-hybridized carbons (Fsp3) is 0.108. The molecule has 0 aliphatic carbocycles. The van der Waals surface area contributed by atoms with Crippen molar-refractivity contribution in [3.05, 3.63) is 114 Å². The first-order valence-corrected chi connectivity index (χ1v) is 14.1. The van der Waals surface area contributed by atoms with Gasteiger partial charge in [-0.3, -0.25) is 9.98 Å². The number of hydrogen-bond donors (Lipinski definition) is 2. The lowest BCUT2D eigenvalue weighted by molar-refractivity contribution is 0.373. The molecule has 8 heteroatoms. The Hall–Kier alpha value is -6.07. The van der Waals surface area contributed by atoms with Gasteiger partial charge in [-0.1, -0.05) is 36.4 Å². The molecule has 0 aliphatic heterocycles. The Balaban J connectivity index is 1.48. The van der Waals surface area contributed by atoms with Gasteiger partial charge in [0.2, 0.25) is 0 Å². The van der Waals surface area contributed by atoms with Gasteiger partial charge in [-0.25, -0.2) is 0 Å². The Morgan fingerprint density at radius 1 is 0.644 bits per heavy atom. The molecule has 8 nitrogen and oxygen atoms in total. The molecule has 0 saturated heterocycles. The standard InChI is InChI=1S/C37H32N4O4/c1-41(2)31-15-13-26(14-16-31)28-18-30(37(43)35(20-28)45-4)23-40-33-8-6-5-7-32(33)39-22-29-17-27(19-34(44-3)36(29)42)25-11-9-24(21-38)10-12-25/h5-20,22-23,42-43H,1-4H3. The van der Waals surface area contributed by atoms with E-state index in [-0.39, 0.29) is 11.5 Å². The van der Waals surface area contributed by atoms with Gasteiger partial charge in [0, 0.05) is 43.3 Å². The second-order valence-electron chi connectivity index (χ2n) is 10.4. The average Bonchev–Trinajstić information content (AvgIpc) is 3.07. The molecule has 224 valence electrons. The van der Waals surface area contributed by atoms with E-state index in [1.54, 1.807) is 42.8 Å². The number of nitrogens with zero attached hydrogens (tertiary/aromatic N) is 4. The SMILES string of the molecule is COc1cc(-c2ccc(C#N)cc2)cc(C=Nc2ccccc2N=Cc2cc(-c3ccc(N(C)C)cc3)cc(OC)c2O)c1O. The first kappa shape index (κ1) is 30.4. The van der Waals surface area contributed by atoms with Crippen molar-refractivity contribution in [2.75, 3.05) is 33.2 Å². The third-order valence-corrected chi connectivity index (χ3v) is 7.28. The van der Waals surface area contributed by atoms with Crippen LogP contribution in [-0.2, 0) is 0 Å². The van der Waals surface area contributed by atoms with Gasteiger partial charge in [0.25, 0.3) is 0 Å². The van der Waals surface area contributed by atoms with E-state index in [1.165, 1.54) is 14.2 Å². The lowest BCUT2D eigenvalue weighted by atomic mass is 10.0. The highest BCUT2D eigenvalue weighted by Gasteiger charge is 2.13. The van der Waals surface area contributed by atoms with Crippen LogP contribution in [0.3, 0.4) is 0 Å². The van der Waals surface area contributed by atoms with Crippen LogP contribution in [0.4, 0.5) is 17.1 Å². The van der Waals surface area contributed by atoms with Crippen LogP contribution in [0.25, 0.3) is 22.3 Å². The number of hydrogen-bond acceptors (Lipinski definition) is 8. The summed E-state index contributed by atoms with van der Waals surface area (Å²) in [5.41, 5.74) is 7.17. The number of phenols is 2. The van der Waals surface area contributed by atoms with Crippen molar-refractivity contribution in [2.45, 2.75) is 0 Å². The summed E-state index contributed by atoms with van der Waals surface area (Å²) in [6, 6.07) is 31.9. The van der Waals surface area contributed by atoms with Gasteiger partial charge in [-0.15, -0.1) is 0 Å². The summed E-state index contributed by atoms with van der Waals surface area (Å²) >= 11 is 0. The number of aromatic hydroxyl groups is 2. The van der Waals surface area contributed by atoms with Crippen LogP contribution in [-0.4, -0.2) is 51.0 Å². The Morgan fingerprint density at radius 3 is 1.49 bits per heavy atom. The van der Waals surface area contributed by atoms with E-state index in [1.807, 2.05) is 85.7 Å². The minimum atomic E-state index is -0.0490. The molecule has 5 rings (SSSR count). The number of ether oxygens (including phenoxy) is 2. The molecular formula is C37H32N4O4. The van der Waals surface area contributed by atoms with E-state index >= 15 is 0 Å². The summed E-state index contributed by atoms with van der Waals surface area (Å²) in [6.45, 7) is 0. The quantitative estimate of drug-likeness (QED) is 0.167. The molecule has 45 heavy (non-hydrogen) atoms. The molecule has 0 heterocycles. The molecule has 5 aromatic rings. The van der Waals surface area contributed by atoms with Crippen LogP contribution in [0.1, 0.15) is 16.7 Å². The number of methoxy groups -OCH3 is 2. The number of phenolic OH excluding ortho intramolecular Hbond substituents is 2. The van der Waals surface area contributed by atoms with Crippen molar-refractivity contribution in [1.82, 2.24) is 0 Å². The third kappa shape index (κ3) is 6.79. The van der Waals surface area contributed by atoms with Crippen LogP contribution < -0.4 is 14.4 Å². The number of anilines is 1. The van der Waals surface area contributed by atoms with Crippen LogP contribution in [0, 0.1) is 11.3 Å². The average molecular weight is 597 g/mol. The van der Waals surface area contributed by atoms with E-state index in [0.717, 1.165) is 27.9 Å². The molecule has 0 bridgehead atoms. The molecule has 0 atom stereocenters. The lowest BCUT2D eigenvalue weighted by Gasteiger charge is -2.14. The van der Waals surface area contributed by atoms with Crippen molar-refractivity contribution >= 4 is 29.5 Å². The maximum absolute atomic E-state index is 10.9. The molecule has 2 N–H and O–H groups in total. The van der Waals surface area contributed by atoms with Crippen molar-refractivity contribution in [1.29, 1.82) is 5.26 Å². The first-order valence-electron chi connectivity index (χ1n) is 14.1. The fourth-order valence-electron chi connectivity index (χ4n) is 4.75. The second kappa shape index (κ2) is 13.5. The molecular weight excluding hydrogens is 564 g/mol. The third-order valence-electron chi connectivity index (χ3n) is 7.28. The Kier molecular flexibility index (Phi) is 9.11. The second-order valence-corrected chi connectivity index (χ2v) is 10.4. The van der Waals surface area contributed by atoms with Crippen molar-refractivity contribution in [3.8, 4) is 51.3 Å². The molecule has 0 unspecified atom stereocenters. The van der Waals surface area contributed by atoms with Crippen LogP contribution in [0.5, 0.6) is 23.0 Å². The molecule has 0 aromatic heterocycles. The maximum Gasteiger partial charge on any atom is 0.166 e. The van der Waals surface area contributed by atoms with E-state index in [0.29, 0.717) is 39.6 Å². The molecule has 0 radical (unpaired) electrons. The zero-order valence-corrected chi connectivity index (χ0v) is 25.4. The van der Waals surface area contributed by atoms with Gasteiger partial charge >= 0.3 is 0 Å². The van der Waals surface area contributed by atoms with Gasteiger partial charge < -0.3 is 24.6 Å². The smallest absolute Gasteiger partial charge is 0.166 e. The minimum Gasteiger partial charge on any atom is -0.504 e. The Morgan fingerprint density at radius 2 is 1.09 bits per heavy atom. The number of benzene rings is 5. The summed E-state index contributed by atoms with van der Waals surface area (Å²) < 4.78 is 10.9. The molecule has 0 amide bonds. The first-order chi connectivity index (χ1) is 21.8. The molecule has 5 aromatic carbocycles. The van der Waals surface area contributed by atoms with Crippen LogP contribution in [0.2, 0.25) is 0 Å². The topological polar surface area (TPSA) is 111 Å². The van der Waals surface area contributed by atoms with E-state index < -0.39 is 0 Å². The summed E-state index contributed by atoms with van der Waals surface area (Å²) in [6.07, 6.45) is 3.13. The number of rotatable bonds is 9. The van der Waals surface area contributed by atoms with Crippen LogP contribution >= 0.6 is 0 Å². The van der Waals surface area contributed by atoms with Crippen molar-refractivity contribution < 1.29 is 19.7 Å². The molecule has 0 saturated carbocycles. The normalized spacial score (nSPS) is 11.1. The Bertz CT molecular complexity index is 1920. The number of aliphatic imine (C=N–C) groups is 2. The number of nitriles is 1. The monoisotopic (exact) mass is 596 g/mol. The highest BCUT2D eigenvalue weighted by Crippen LogP contribution is 2.38. The highest BCUT2D eigenvalue weighted by atomic mass is 16.5. The van der Waals surface area contributed by atoms with Crippen molar-refractivity contribution in [3.63, 3.8) is 0 Å². The Labute approximate surface area is 262 Å².